The summed E-state index contributed by atoms with van der Waals surface area (Å²) in [4.78, 5) is 4.12. The highest BCUT2D eigenvalue weighted by Crippen LogP contribution is 2.14. The van der Waals surface area contributed by atoms with Gasteiger partial charge in [-0.2, -0.15) is 10.4 Å². The van der Waals surface area contributed by atoms with Crippen LogP contribution in [0.2, 0.25) is 5.15 Å². The van der Waals surface area contributed by atoms with Crippen LogP contribution in [0.4, 0.5) is 5.82 Å². The Balaban J connectivity index is 1.85. The first-order valence-corrected chi connectivity index (χ1v) is 6.37. The number of hydrogen-bond donors (Lipinski definition) is 2. The molecule has 0 bridgehead atoms. The molecule has 0 unspecified atom stereocenters. The predicted molar refractivity (Wildman–Crippen MR) is 74.1 cm³/mol. The van der Waals surface area contributed by atoms with Gasteiger partial charge in [0.25, 0.3) is 0 Å². The van der Waals surface area contributed by atoms with Crippen molar-refractivity contribution in [3.63, 3.8) is 0 Å². The maximum atomic E-state index is 8.84. The molecule has 0 saturated heterocycles. The van der Waals surface area contributed by atoms with Crippen LogP contribution in [0, 0.1) is 18.3 Å². The van der Waals surface area contributed by atoms with Gasteiger partial charge in [-0.05, 0) is 37.5 Å². The van der Waals surface area contributed by atoms with Crippen LogP contribution >= 0.6 is 11.6 Å². The highest BCUT2D eigenvalue weighted by molar-refractivity contribution is 6.29. The molecule has 0 amide bonds. The van der Waals surface area contributed by atoms with Crippen molar-refractivity contribution in [2.45, 2.75) is 19.8 Å². The average molecular weight is 276 g/mol. The molecule has 0 aliphatic heterocycles. The molecule has 0 radical (unpaired) electrons. The summed E-state index contributed by atoms with van der Waals surface area (Å²) in [6.45, 7) is 2.77. The molecule has 0 atom stereocenters. The van der Waals surface area contributed by atoms with Crippen molar-refractivity contribution in [2.75, 3.05) is 11.9 Å². The first-order valence-electron chi connectivity index (χ1n) is 5.99. The monoisotopic (exact) mass is 275 g/mol. The molecule has 0 aliphatic rings. The Labute approximate surface area is 116 Å². The van der Waals surface area contributed by atoms with E-state index in [1.165, 1.54) is 5.56 Å². The van der Waals surface area contributed by atoms with Crippen LogP contribution in [0.25, 0.3) is 0 Å². The van der Waals surface area contributed by atoms with E-state index in [1.54, 1.807) is 12.1 Å². The number of anilines is 1. The predicted octanol–water partition coefficient (Wildman–Crippen LogP) is 2.68. The Morgan fingerprint density at radius 2 is 2.32 bits per heavy atom. The lowest BCUT2D eigenvalue weighted by Gasteiger charge is -2.06. The molecular weight excluding hydrogens is 262 g/mol. The second kappa shape index (κ2) is 6.21. The van der Waals surface area contributed by atoms with Crippen molar-refractivity contribution >= 4 is 17.4 Å². The number of nitriles is 1. The second-order valence-corrected chi connectivity index (χ2v) is 4.61. The Hall–Kier alpha value is -2.06. The summed E-state index contributed by atoms with van der Waals surface area (Å²) in [5.74, 6) is 0.632. The van der Waals surface area contributed by atoms with Crippen LogP contribution in [0.1, 0.15) is 23.2 Å². The molecule has 98 valence electrons. The van der Waals surface area contributed by atoms with E-state index in [4.69, 9.17) is 16.9 Å². The molecule has 2 aromatic heterocycles. The fraction of sp³-hybridized carbons (Fsp3) is 0.308. The summed E-state index contributed by atoms with van der Waals surface area (Å²) in [5, 5.41) is 19.2. The topological polar surface area (TPSA) is 77.4 Å². The summed E-state index contributed by atoms with van der Waals surface area (Å²) in [6.07, 6.45) is 3.75. The quantitative estimate of drug-likeness (QED) is 0.650. The molecule has 2 rings (SSSR count). The zero-order valence-corrected chi connectivity index (χ0v) is 11.3. The summed E-state index contributed by atoms with van der Waals surface area (Å²) in [5.41, 5.74) is 2.83. The van der Waals surface area contributed by atoms with Crippen LogP contribution in [-0.2, 0) is 6.42 Å². The van der Waals surface area contributed by atoms with Gasteiger partial charge in [-0.15, -0.1) is 0 Å². The maximum Gasteiger partial charge on any atom is 0.132 e. The lowest BCUT2D eigenvalue weighted by atomic mass is 10.1. The van der Waals surface area contributed by atoms with Crippen molar-refractivity contribution in [1.82, 2.24) is 15.2 Å². The minimum Gasteiger partial charge on any atom is -0.370 e. The van der Waals surface area contributed by atoms with Gasteiger partial charge in [0.2, 0.25) is 0 Å². The van der Waals surface area contributed by atoms with Gasteiger partial charge in [0, 0.05) is 12.2 Å². The first-order chi connectivity index (χ1) is 9.19. The SMILES string of the molecule is Cc1[nH]ncc1CCCNc1cc(C#N)cc(Cl)n1. The fourth-order valence-electron chi connectivity index (χ4n) is 1.77. The number of halogens is 1. The molecule has 2 heterocycles. The number of nitrogens with one attached hydrogen (secondary N) is 2. The Morgan fingerprint density at radius 1 is 1.47 bits per heavy atom. The van der Waals surface area contributed by atoms with Crippen molar-refractivity contribution < 1.29 is 0 Å². The molecule has 0 saturated carbocycles. The lowest BCUT2D eigenvalue weighted by Crippen LogP contribution is -2.05. The van der Waals surface area contributed by atoms with E-state index in [1.807, 2.05) is 13.1 Å². The van der Waals surface area contributed by atoms with E-state index in [0.717, 1.165) is 25.1 Å². The zero-order valence-electron chi connectivity index (χ0n) is 10.6. The third kappa shape index (κ3) is 3.70. The van der Waals surface area contributed by atoms with Gasteiger partial charge in [0.15, 0.2) is 0 Å². The molecule has 6 heteroatoms. The molecule has 2 N–H and O–H groups in total. The van der Waals surface area contributed by atoms with Crippen molar-refractivity contribution in [1.29, 1.82) is 5.26 Å². The van der Waals surface area contributed by atoms with E-state index >= 15 is 0 Å². The minimum absolute atomic E-state index is 0.326. The summed E-state index contributed by atoms with van der Waals surface area (Å²) < 4.78 is 0. The molecule has 19 heavy (non-hydrogen) atoms. The number of pyridine rings is 1. The third-order valence-corrected chi connectivity index (χ3v) is 2.98. The number of rotatable bonds is 5. The zero-order chi connectivity index (χ0) is 13.7. The Kier molecular flexibility index (Phi) is 4.37. The van der Waals surface area contributed by atoms with Crippen LogP contribution in [0.3, 0.4) is 0 Å². The smallest absolute Gasteiger partial charge is 0.132 e. The Bertz CT molecular complexity index is 599. The number of nitrogens with zero attached hydrogens (tertiary/aromatic N) is 3. The maximum absolute atomic E-state index is 8.84. The van der Waals surface area contributed by atoms with Crippen LogP contribution in [0.15, 0.2) is 18.3 Å². The van der Waals surface area contributed by atoms with Gasteiger partial charge >= 0.3 is 0 Å². The van der Waals surface area contributed by atoms with Gasteiger partial charge in [-0.1, -0.05) is 11.6 Å². The van der Waals surface area contributed by atoms with E-state index in [0.29, 0.717) is 16.5 Å². The van der Waals surface area contributed by atoms with Crippen molar-refractivity contribution in [2.24, 2.45) is 0 Å². The highest BCUT2D eigenvalue weighted by Gasteiger charge is 2.02. The molecule has 0 spiro atoms. The van der Waals surface area contributed by atoms with Gasteiger partial charge in [0.1, 0.15) is 11.0 Å². The number of H-pyrrole nitrogens is 1. The lowest BCUT2D eigenvalue weighted by molar-refractivity contribution is 0.853. The van der Waals surface area contributed by atoms with Crippen molar-refractivity contribution in [3.8, 4) is 6.07 Å². The standard InChI is InChI=1S/C13H14ClN5/c1-9-11(8-17-19-9)3-2-4-16-13-6-10(7-15)5-12(14)18-13/h5-6,8H,2-4H2,1H3,(H,16,18)(H,17,19). The van der Waals surface area contributed by atoms with Gasteiger partial charge in [-0.3, -0.25) is 5.10 Å². The second-order valence-electron chi connectivity index (χ2n) is 4.23. The molecule has 2 aromatic rings. The summed E-state index contributed by atoms with van der Waals surface area (Å²) in [6, 6.07) is 5.28. The first kappa shape index (κ1) is 13.4. The van der Waals surface area contributed by atoms with Gasteiger partial charge in [0.05, 0.1) is 17.8 Å². The average Bonchev–Trinajstić information content (AvgIpc) is 2.80. The number of aromatic nitrogens is 3. The van der Waals surface area contributed by atoms with E-state index in [9.17, 15) is 0 Å². The number of hydrogen-bond acceptors (Lipinski definition) is 4. The van der Waals surface area contributed by atoms with E-state index < -0.39 is 0 Å². The molecular formula is C13H14ClN5. The van der Waals surface area contributed by atoms with Crippen LogP contribution < -0.4 is 5.32 Å². The van der Waals surface area contributed by atoms with Gasteiger partial charge in [-0.25, -0.2) is 4.98 Å². The number of aryl methyl sites for hydroxylation is 2. The normalized spacial score (nSPS) is 10.2. The van der Waals surface area contributed by atoms with E-state index in [-0.39, 0.29) is 0 Å². The fourth-order valence-corrected chi connectivity index (χ4v) is 1.98. The molecule has 0 aliphatic carbocycles. The number of aromatic amines is 1. The summed E-state index contributed by atoms with van der Waals surface area (Å²) >= 11 is 5.83. The molecule has 5 nitrogen and oxygen atoms in total. The van der Waals surface area contributed by atoms with Gasteiger partial charge < -0.3 is 5.32 Å². The van der Waals surface area contributed by atoms with E-state index in [2.05, 4.69) is 26.6 Å². The van der Waals surface area contributed by atoms with Crippen LogP contribution in [-0.4, -0.2) is 21.7 Å². The summed E-state index contributed by atoms with van der Waals surface area (Å²) in [7, 11) is 0. The van der Waals surface area contributed by atoms with Crippen LogP contribution in [0.5, 0.6) is 0 Å². The molecule has 0 fully saturated rings. The third-order valence-electron chi connectivity index (χ3n) is 2.79. The van der Waals surface area contributed by atoms with Crippen molar-refractivity contribution in [3.05, 3.63) is 40.3 Å². The Morgan fingerprint density at radius 3 is 3.00 bits per heavy atom. The minimum atomic E-state index is 0.326. The molecule has 0 aromatic carbocycles. The largest absolute Gasteiger partial charge is 0.370 e. The highest BCUT2D eigenvalue weighted by atomic mass is 35.5.